The number of nitrogens with one attached hydrogen (secondary N) is 1. The van der Waals surface area contributed by atoms with E-state index in [1.165, 1.54) is 23.9 Å². The molecule has 7 heteroatoms. The zero-order chi connectivity index (χ0) is 17.3. The number of benzene rings is 1. The highest BCUT2D eigenvalue weighted by Gasteiger charge is 2.60. The summed E-state index contributed by atoms with van der Waals surface area (Å²) < 4.78 is 41.2. The van der Waals surface area contributed by atoms with Crippen molar-refractivity contribution >= 4 is 17.7 Å². The molecule has 1 saturated carbocycles. The smallest absolute Gasteiger partial charge is 0.406 e. The SMILES string of the molecule is CC1(C)C2=C(Sc3cc(OC(F)(F)F)ccc3C2)C(=O)NC12CC2. The second-order valence-electron chi connectivity index (χ2n) is 7.07. The summed E-state index contributed by atoms with van der Waals surface area (Å²) in [5, 5.41) is 3.11. The van der Waals surface area contributed by atoms with E-state index in [0.717, 1.165) is 24.0 Å². The molecule has 128 valence electrons. The molecule has 4 rings (SSSR count). The molecule has 1 amide bonds. The minimum absolute atomic E-state index is 0.111. The molecule has 0 aromatic heterocycles. The van der Waals surface area contributed by atoms with Gasteiger partial charge in [0.25, 0.3) is 5.91 Å². The third kappa shape index (κ3) is 2.32. The van der Waals surface area contributed by atoms with E-state index in [4.69, 9.17) is 0 Å². The highest BCUT2D eigenvalue weighted by atomic mass is 32.2. The molecule has 1 aromatic carbocycles. The van der Waals surface area contributed by atoms with Crippen LogP contribution in [0.2, 0.25) is 0 Å². The number of rotatable bonds is 1. The predicted molar refractivity (Wildman–Crippen MR) is 83.6 cm³/mol. The van der Waals surface area contributed by atoms with E-state index in [1.807, 2.05) is 0 Å². The van der Waals surface area contributed by atoms with Gasteiger partial charge in [0.05, 0.1) is 4.91 Å². The van der Waals surface area contributed by atoms with Crippen molar-refractivity contribution in [3.8, 4) is 5.75 Å². The summed E-state index contributed by atoms with van der Waals surface area (Å²) in [6.07, 6.45) is -2.19. The topological polar surface area (TPSA) is 38.3 Å². The Balaban J connectivity index is 1.71. The van der Waals surface area contributed by atoms with Gasteiger partial charge in [0, 0.05) is 15.8 Å². The van der Waals surface area contributed by atoms with E-state index in [9.17, 15) is 18.0 Å². The Morgan fingerprint density at radius 3 is 2.58 bits per heavy atom. The number of halogens is 3. The predicted octanol–water partition coefficient (Wildman–Crippen LogP) is 4.18. The molecule has 1 fully saturated rings. The van der Waals surface area contributed by atoms with Gasteiger partial charge in [-0.05, 0) is 42.5 Å². The number of alkyl halides is 3. The Morgan fingerprint density at radius 1 is 1.25 bits per heavy atom. The van der Waals surface area contributed by atoms with Crippen molar-refractivity contribution in [3.05, 3.63) is 34.2 Å². The fourth-order valence-corrected chi connectivity index (χ4v) is 4.96. The first kappa shape index (κ1) is 15.9. The normalized spacial score (nSPS) is 23.5. The lowest BCUT2D eigenvalue weighted by atomic mass is 9.70. The van der Waals surface area contributed by atoms with Crippen LogP contribution in [-0.4, -0.2) is 17.8 Å². The summed E-state index contributed by atoms with van der Waals surface area (Å²) in [5.74, 6) is -0.369. The van der Waals surface area contributed by atoms with Crippen LogP contribution in [0.5, 0.6) is 5.75 Å². The fourth-order valence-electron chi connectivity index (χ4n) is 3.70. The van der Waals surface area contributed by atoms with Crippen LogP contribution >= 0.6 is 11.8 Å². The number of thioether (sulfide) groups is 1. The van der Waals surface area contributed by atoms with Gasteiger partial charge in [-0.15, -0.1) is 13.2 Å². The number of carbonyl (C=O) groups is 1. The fraction of sp³-hybridized carbons (Fsp3) is 0.471. The van der Waals surface area contributed by atoms with Crippen molar-refractivity contribution in [2.24, 2.45) is 5.41 Å². The third-order valence-corrected chi connectivity index (χ3v) is 6.62. The highest BCUT2D eigenvalue weighted by Crippen LogP contribution is 2.60. The average molecular weight is 355 g/mol. The lowest BCUT2D eigenvalue weighted by Gasteiger charge is -2.44. The number of carbonyl (C=O) groups excluding carboxylic acids is 1. The summed E-state index contributed by atoms with van der Waals surface area (Å²) in [7, 11) is 0. The van der Waals surface area contributed by atoms with E-state index >= 15 is 0 Å². The number of hydrogen-bond donors (Lipinski definition) is 1. The van der Waals surface area contributed by atoms with Crippen LogP contribution < -0.4 is 10.1 Å². The molecule has 1 spiro atoms. The van der Waals surface area contributed by atoms with Gasteiger partial charge in [-0.1, -0.05) is 31.7 Å². The molecule has 24 heavy (non-hydrogen) atoms. The molecule has 0 atom stereocenters. The summed E-state index contributed by atoms with van der Waals surface area (Å²) in [6, 6.07) is 4.36. The molecule has 2 heterocycles. The highest BCUT2D eigenvalue weighted by molar-refractivity contribution is 8.04. The second kappa shape index (κ2) is 4.71. The van der Waals surface area contributed by atoms with Crippen LogP contribution in [0.4, 0.5) is 13.2 Å². The van der Waals surface area contributed by atoms with E-state index in [2.05, 4.69) is 23.9 Å². The van der Waals surface area contributed by atoms with Crippen molar-refractivity contribution in [1.29, 1.82) is 0 Å². The summed E-state index contributed by atoms with van der Waals surface area (Å²) in [6.45, 7) is 4.28. The first-order chi connectivity index (χ1) is 11.1. The molecule has 1 aromatic rings. The van der Waals surface area contributed by atoms with Crippen molar-refractivity contribution in [1.82, 2.24) is 5.32 Å². The monoisotopic (exact) mass is 355 g/mol. The van der Waals surface area contributed by atoms with Crippen LogP contribution in [0, 0.1) is 5.41 Å². The quantitative estimate of drug-likeness (QED) is 0.821. The van der Waals surface area contributed by atoms with E-state index in [-0.39, 0.29) is 22.6 Å². The van der Waals surface area contributed by atoms with Gasteiger partial charge < -0.3 is 10.1 Å². The molecule has 0 unspecified atom stereocenters. The van der Waals surface area contributed by atoms with Gasteiger partial charge in [-0.3, -0.25) is 4.79 Å². The largest absolute Gasteiger partial charge is 0.573 e. The summed E-state index contributed by atoms with van der Waals surface area (Å²) >= 11 is 1.24. The second-order valence-corrected chi connectivity index (χ2v) is 8.12. The molecular weight excluding hydrogens is 339 g/mol. The van der Waals surface area contributed by atoms with Gasteiger partial charge in [0.2, 0.25) is 0 Å². The Labute approximate surface area is 141 Å². The maximum Gasteiger partial charge on any atom is 0.573 e. The van der Waals surface area contributed by atoms with E-state index in [0.29, 0.717) is 16.2 Å². The first-order valence-electron chi connectivity index (χ1n) is 7.74. The van der Waals surface area contributed by atoms with Crippen LogP contribution in [0.15, 0.2) is 33.6 Å². The van der Waals surface area contributed by atoms with Crippen LogP contribution in [0.3, 0.4) is 0 Å². The molecule has 3 aliphatic rings. The third-order valence-electron chi connectivity index (χ3n) is 5.39. The van der Waals surface area contributed by atoms with Gasteiger partial charge >= 0.3 is 6.36 Å². The average Bonchev–Trinajstić information content (AvgIpc) is 3.24. The maximum absolute atomic E-state index is 12.5. The van der Waals surface area contributed by atoms with Gasteiger partial charge in [0.15, 0.2) is 0 Å². The minimum atomic E-state index is -4.72. The van der Waals surface area contributed by atoms with Crippen molar-refractivity contribution in [3.63, 3.8) is 0 Å². The van der Waals surface area contributed by atoms with Crippen molar-refractivity contribution in [2.45, 2.75) is 49.9 Å². The number of hydrogen-bond acceptors (Lipinski definition) is 3. The Hall–Kier alpha value is -1.63. The van der Waals surface area contributed by atoms with E-state index < -0.39 is 6.36 Å². The lowest BCUT2D eigenvalue weighted by molar-refractivity contribution is -0.274. The molecule has 0 saturated heterocycles. The number of ether oxygens (including phenoxy) is 1. The standard InChI is InChI=1S/C17H16F3NO2S/c1-15(2)11-7-9-3-4-10(23-17(18,19)20)8-12(9)24-13(11)14(22)21-16(15)5-6-16/h3-4,8H,5-7H2,1-2H3,(H,21,22). The number of amides is 1. The van der Waals surface area contributed by atoms with Crippen molar-refractivity contribution in [2.75, 3.05) is 0 Å². The molecule has 0 radical (unpaired) electrons. The van der Waals surface area contributed by atoms with E-state index in [1.54, 1.807) is 6.07 Å². The number of fused-ring (bicyclic) bond motifs is 1. The summed E-state index contributed by atoms with van der Waals surface area (Å²) in [4.78, 5) is 13.8. The van der Waals surface area contributed by atoms with Crippen LogP contribution in [-0.2, 0) is 11.2 Å². The summed E-state index contributed by atoms with van der Waals surface area (Å²) in [5.41, 5.74) is 1.72. The van der Waals surface area contributed by atoms with Gasteiger partial charge in [-0.2, -0.15) is 0 Å². The van der Waals surface area contributed by atoms with Crippen molar-refractivity contribution < 1.29 is 22.7 Å². The first-order valence-corrected chi connectivity index (χ1v) is 8.56. The van der Waals surface area contributed by atoms with Gasteiger partial charge in [0.1, 0.15) is 5.75 Å². The van der Waals surface area contributed by atoms with Crippen LogP contribution in [0.1, 0.15) is 32.3 Å². The Kier molecular flexibility index (Phi) is 3.12. The molecule has 1 N–H and O–H groups in total. The van der Waals surface area contributed by atoms with Crippen LogP contribution in [0.25, 0.3) is 0 Å². The minimum Gasteiger partial charge on any atom is -0.406 e. The molecule has 1 aliphatic carbocycles. The van der Waals surface area contributed by atoms with Gasteiger partial charge in [-0.25, -0.2) is 0 Å². The zero-order valence-corrected chi connectivity index (χ0v) is 14.0. The molecule has 3 nitrogen and oxygen atoms in total. The Morgan fingerprint density at radius 2 is 1.96 bits per heavy atom. The lowest BCUT2D eigenvalue weighted by Crippen LogP contribution is -2.53. The Bertz CT molecular complexity index is 779. The maximum atomic E-state index is 12.5. The molecule has 0 bridgehead atoms. The molecule has 2 aliphatic heterocycles. The zero-order valence-electron chi connectivity index (χ0n) is 13.2. The molecular formula is C17H16F3NO2S.